The number of aromatic nitrogens is 2. The third kappa shape index (κ3) is 5.16. The lowest BCUT2D eigenvalue weighted by Gasteiger charge is -2.21. The molecule has 1 aliphatic heterocycles. The third-order valence-corrected chi connectivity index (χ3v) is 7.23. The van der Waals surface area contributed by atoms with Crippen LogP contribution in [-0.2, 0) is 0 Å². The van der Waals surface area contributed by atoms with Crippen molar-refractivity contribution >= 4 is 22.7 Å². The zero-order valence-electron chi connectivity index (χ0n) is 21.7. The topological polar surface area (TPSA) is 50.3 Å². The Labute approximate surface area is 211 Å². The molecule has 3 aromatic rings. The van der Waals surface area contributed by atoms with E-state index >= 15 is 0 Å². The van der Waals surface area contributed by atoms with Gasteiger partial charge in [0.15, 0.2) is 0 Å². The number of allylic oxidation sites excluding steroid dienone is 2. The average Bonchev–Trinajstić information content (AvgIpc) is 3.11. The first kappa shape index (κ1) is 25.9. The summed E-state index contributed by atoms with van der Waals surface area (Å²) < 4.78 is 36.0. The molecule has 0 aliphatic carbocycles. The van der Waals surface area contributed by atoms with E-state index in [-0.39, 0.29) is 18.3 Å². The molecule has 1 aliphatic rings. The first-order valence-electron chi connectivity index (χ1n) is 12.7. The Morgan fingerprint density at radius 3 is 2.61 bits per heavy atom. The van der Waals surface area contributed by atoms with Crippen LogP contribution < -0.4 is 10.4 Å². The number of aromatic amines is 1. The van der Waals surface area contributed by atoms with Crippen molar-refractivity contribution in [1.82, 2.24) is 14.5 Å². The highest BCUT2D eigenvalue weighted by Crippen LogP contribution is 2.38. The fourth-order valence-electron chi connectivity index (χ4n) is 4.96. The predicted octanol–water partition coefficient (Wildman–Crippen LogP) is 6.37. The maximum atomic E-state index is 14.4. The SMILES string of the molecule is CCN(CC)CCC(C)n1c(=O)[nH]c2cc(/C=C3\C(C)=C(C(C)F)COc4cc(F)ccc43)ccc21. The summed E-state index contributed by atoms with van der Waals surface area (Å²) >= 11 is 0. The van der Waals surface area contributed by atoms with Crippen LogP contribution in [-0.4, -0.2) is 46.9 Å². The normalized spacial score (nSPS) is 16.8. The summed E-state index contributed by atoms with van der Waals surface area (Å²) in [6.07, 6.45) is 1.63. The van der Waals surface area contributed by atoms with Crippen LogP contribution in [0.1, 0.15) is 58.2 Å². The standard InChI is InChI=1S/C29H35F2N3O2/c1-6-33(7-2)13-12-18(3)34-27-11-8-21(15-26(27)32-29(34)35)14-24-19(4)25(20(5)30)17-36-28-16-22(31)9-10-23(24)28/h8-11,14-16,18,20H,6-7,12-13,17H2,1-5H3,(H,32,35)/b24-14+. The van der Waals surface area contributed by atoms with E-state index in [4.69, 9.17) is 4.74 Å². The Morgan fingerprint density at radius 1 is 1.17 bits per heavy atom. The number of imidazole rings is 1. The second kappa shape index (κ2) is 10.8. The maximum absolute atomic E-state index is 14.4. The van der Waals surface area contributed by atoms with Crippen LogP contribution in [0.25, 0.3) is 22.7 Å². The Kier molecular flexibility index (Phi) is 7.79. The molecule has 5 nitrogen and oxygen atoms in total. The Hall–Kier alpha value is -3.19. The van der Waals surface area contributed by atoms with Crippen molar-refractivity contribution in [2.24, 2.45) is 0 Å². The molecule has 7 heteroatoms. The van der Waals surface area contributed by atoms with Crippen molar-refractivity contribution in [3.8, 4) is 5.75 Å². The van der Waals surface area contributed by atoms with Crippen molar-refractivity contribution in [3.05, 3.63) is 75.0 Å². The summed E-state index contributed by atoms with van der Waals surface area (Å²) in [5, 5.41) is 0. The minimum Gasteiger partial charge on any atom is -0.488 e. The summed E-state index contributed by atoms with van der Waals surface area (Å²) in [7, 11) is 0. The number of hydrogen-bond donors (Lipinski definition) is 1. The molecule has 4 rings (SSSR count). The number of ether oxygens (including phenoxy) is 1. The average molecular weight is 496 g/mol. The van der Waals surface area contributed by atoms with E-state index in [2.05, 4.69) is 30.7 Å². The molecule has 0 fully saturated rings. The quantitative estimate of drug-likeness (QED) is 0.395. The van der Waals surface area contributed by atoms with Gasteiger partial charge in [0.25, 0.3) is 0 Å². The van der Waals surface area contributed by atoms with Crippen LogP contribution in [0.4, 0.5) is 8.78 Å². The van der Waals surface area contributed by atoms with Gasteiger partial charge >= 0.3 is 5.69 Å². The third-order valence-electron chi connectivity index (χ3n) is 7.23. The predicted molar refractivity (Wildman–Crippen MR) is 143 cm³/mol. The zero-order chi connectivity index (χ0) is 26.0. The number of halogens is 2. The molecule has 2 heterocycles. The highest BCUT2D eigenvalue weighted by Gasteiger charge is 2.23. The van der Waals surface area contributed by atoms with Crippen molar-refractivity contribution in [2.75, 3.05) is 26.2 Å². The minimum atomic E-state index is -1.20. The van der Waals surface area contributed by atoms with Crippen LogP contribution in [0.3, 0.4) is 0 Å². The van der Waals surface area contributed by atoms with E-state index < -0.39 is 12.0 Å². The Bertz CT molecular complexity index is 1360. The highest BCUT2D eigenvalue weighted by atomic mass is 19.1. The van der Waals surface area contributed by atoms with Crippen molar-refractivity contribution in [3.63, 3.8) is 0 Å². The molecule has 0 amide bonds. The molecular formula is C29H35F2N3O2. The highest BCUT2D eigenvalue weighted by molar-refractivity contribution is 5.95. The molecule has 192 valence electrons. The second-order valence-electron chi connectivity index (χ2n) is 9.49. The Balaban J connectivity index is 1.75. The number of alkyl halides is 1. The number of rotatable bonds is 8. The van der Waals surface area contributed by atoms with E-state index in [1.54, 1.807) is 6.07 Å². The van der Waals surface area contributed by atoms with E-state index in [1.165, 1.54) is 19.1 Å². The van der Waals surface area contributed by atoms with Gasteiger partial charge < -0.3 is 14.6 Å². The number of H-pyrrole nitrogens is 1. The lowest BCUT2D eigenvalue weighted by molar-refractivity contribution is 0.279. The fourth-order valence-corrected chi connectivity index (χ4v) is 4.96. The van der Waals surface area contributed by atoms with Crippen LogP contribution >= 0.6 is 0 Å². The number of nitrogens with zero attached hydrogens (tertiary/aromatic N) is 2. The summed E-state index contributed by atoms with van der Waals surface area (Å²) in [6.45, 7) is 12.7. The van der Waals surface area contributed by atoms with Gasteiger partial charge in [-0.15, -0.1) is 0 Å². The van der Waals surface area contributed by atoms with Crippen molar-refractivity contribution < 1.29 is 13.5 Å². The van der Waals surface area contributed by atoms with Crippen LogP contribution in [0.5, 0.6) is 5.75 Å². The molecule has 2 atom stereocenters. The largest absolute Gasteiger partial charge is 0.488 e. The summed E-state index contributed by atoms with van der Waals surface area (Å²) in [4.78, 5) is 18.2. The molecule has 2 aromatic carbocycles. The molecule has 0 bridgehead atoms. The van der Waals surface area contributed by atoms with Crippen molar-refractivity contribution in [2.45, 2.75) is 53.3 Å². The summed E-state index contributed by atoms with van der Waals surface area (Å²) in [5.74, 6) is -0.0168. The van der Waals surface area contributed by atoms with Gasteiger partial charge in [0.2, 0.25) is 0 Å². The van der Waals surface area contributed by atoms with Crippen LogP contribution in [0.2, 0.25) is 0 Å². The first-order chi connectivity index (χ1) is 17.2. The smallest absolute Gasteiger partial charge is 0.326 e. The fraction of sp³-hybridized carbons (Fsp3) is 0.414. The van der Waals surface area contributed by atoms with E-state index in [9.17, 15) is 13.6 Å². The Morgan fingerprint density at radius 2 is 1.92 bits per heavy atom. The van der Waals surface area contributed by atoms with Gasteiger partial charge in [-0.25, -0.2) is 13.6 Å². The molecule has 0 radical (unpaired) electrons. The van der Waals surface area contributed by atoms with Gasteiger partial charge in [-0.2, -0.15) is 0 Å². The second-order valence-corrected chi connectivity index (χ2v) is 9.49. The van der Waals surface area contributed by atoms with Gasteiger partial charge in [-0.3, -0.25) is 4.57 Å². The molecular weight excluding hydrogens is 460 g/mol. The van der Waals surface area contributed by atoms with Crippen LogP contribution in [0, 0.1) is 5.82 Å². The van der Waals surface area contributed by atoms with E-state index in [0.717, 1.165) is 53.8 Å². The first-order valence-corrected chi connectivity index (χ1v) is 12.7. The molecule has 0 saturated carbocycles. The molecule has 0 spiro atoms. The molecule has 0 saturated heterocycles. The summed E-state index contributed by atoms with van der Waals surface area (Å²) in [6, 6.07) is 10.3. The van der Waals surface area contributed by atoms with Crippen molar-refractivity contribution in [1.29, 1.82) is 0 Å². The number of benzene rings is 2. The lowest BCUT2D eigenvalue weighted by Crippen LogP contribution is -2.28. The van der Waals surface area contributed by atoms with E-state index in [0.29, 0.717) is 16.9 Å². The molecule has 1 aromatic heterocycles. The van der Waals surface area contributed by atoms with Gasteiger partial charge in [0, 0.05) is 29.8 Å². The number of nitrogens with one attached hydrogen (secondary N) is 1. The molecule has 1 N–H and O–H groups in total. The molecule has 36 heavy (non-hydrogen) atoms. The minimum absolute atomic E-state index is 0.0515. The number of hydrogen-bond acceptors (Lipinski definition) is 3. The van der Waals surface area contributed by atoms with Gasteiger partial charge in [-0.05, 0) is 87.3 Å². The monoisotopic (exact) mass is 495 g/mol. The van der Waals surface area contributed by atoms with E-state index in [1.807, 2.05) is 35.8 Å². The zero-order valence-corrected chi connectivity index (χ0v) is 21.7. The summed E-state index contributed by atoms with van der Waals surface area (Å²) in [5.41, 5.74) is 5.10. The van der Waals surface area contributed by atoms with Crippen LogP contribution in [0.15, 0.2) is 52.3 Å². The lowest BCUT2D eigenvalue weighted by atomic mass is 9.92. The van der Waals surface area contributed by atoms with Gasteiger partial charge in [-0.1, -0.05) is 19.9 Å². The maximum Gasteiger partial charge on any atom is 0.326 e. The van der Waals surface area contributed by atoms with Gasteiger partial charge in [0.1, 0.15) is 24.3 Å². The van der Waals surface area contributed by atoms with Gasteiger partial charge in [0.05, 0.1) is 11.0 Å². The molecule has 2 unspecified atom stereocenters. The number of fused-ring (bicyclic) bond motifs is 2.